The van der Waals surface area contributed by atoms with E-state index in [1.807, 2.05) is 26.0 Å². The highest BCUT2D eigenvalue weighted by Gasteiger charge is 2.24. The van der Waals surface area contributed by atoms with Crippen molar-refractivity contribution in [1.82, 2.24) is 20.6 Å². The molecule has 3 N–H and O–H groups in total. The molecule has 0 spiro atoms. The van der Waals surface area contributed by atoms with E-state index in [1.54, 1.807) is 17.8 Å². The Bertz CT molecular complexity index is 1060. The van der Waals surface area contributed by atoms with Crippen LogP contribution in [-0.2, 0) is 11.2 Å². The normalized spacial score (nSPS) is 14.0. The Morgan fingerprint density at radius 1 is 1.16 bits per heavy atom. The highest BCUT2D eigenvalue weighted by Crippen LogP contribution is 2.24. The molecular formula is C23H25N5O2S. The number of amides is 3. The summed E-state index contributed by atoms with van der Waals surface area (Å²) in [6.45, 7) is 4.09. The third kappa shape index (κ3) is 5.88. The molecule has 0 aliphatic heterocycles. The van der Waals surface area contributed by atoms with Crippen LogP contribution in [-0.4, -0.2) is 27.9 Å². The zero-order chi connectivity index (χ0) is 21.8. The second-order valence-electron chi connectivity index (χ2n) is 7.90. The van der Waals surface area contributed by atoms with Crippen LogP contribution in [0.4, 0.5) is 9.93 Å². The first-order chi connectivity index (χ1) is 15.0. The first kappa shape index (κ1) is 21.0. The minimum atomic E-state index is -0.305. The molecule has 1 fully saturated rings. The van der Waals surface area contributed by atoms with Crippen LogP contribution in [0.3, 0.4) is 0 Å². The topological polar surface area (TPSA) is 96.0 Å². The van der Waals surface area contributed by atoms with Gasteiger partial charge in [0.2, 0.25) is 5.91 Å². The predicted octanol–water partition coefficient (Wildman–Crippen LogP) is 3.89. The smallest absolute Gasteiger partial charge is 0.321 e. The zero-order valence-electron chi connectivity index (χ0n) is 17.5. The van der Waals surface area contributed by atoms with Crippen molar-refractivity contribution in [1.29, 1.82) is 0 Å². The summed E-state index contributed by atoms with van der Waals surface area (Å²) in [4.78, 5) is 33.3. The first-order valence-corrected chi connectivity index (χ1v) is 11.1. The van der Waals surface area contributed by atoms with Crippen molar-refractivity contribution in [3.63, 3.8) is 0 Å². The van der Waals surface area contributed by atoms with Gasteiger partial charge < -0.3 is 10.6 Å². The molecule has 2 aromatic heterocycles. The number of urea groups is 1. The van der Waals surface area contributed by atoms with E-state index in [9.17, 15) is 9.59 Å². The van der Waals surface area contributed by atoms with E-state index in [-0.39, 0.29) is 30.4 Å². The fourth-order valence-corrected chi connectivity index (χ4v) is 4.16. The molecule has 1 aliphatic rings. The van der Waals surface area contributed by atoms with Crippen molar-refractivity contribution < 1.29 is 9.59 Å². The van der Waals surface area contributed by atoms with Gasteiger partial charge in [-0.15, -0.1) is 11.3 Å². The Balaban J connectivity index is 1.44. The molecule has 0 bridgehead atoms. The van der Waals surface area contributed by atoms with E-state index < -0.39 is 0 Å². The van der Waals surface area contributed by atoms with Crippen LogP contribution in [0.1, 0.15) is 46.8 Å². The van der Waals surface area contributed by atoms with Gasteiger partial charge >= 0.3 is 6.03 Å². The van der Waals surface area contributed by atoms with E-state index in [4.69, 9.17) is 0 Å². The summed E-state index contributed by atoms with van der Waals surface area (Å²) in [6, 6.07) is 9.80. The first-order valence-electron chi connectivity index (χ1n) is 10.3. The van der Waals surface area contributed by atoms with Crippen LogP contribution in [0, 0.1) is 13.8 Å². The number of nitrogens with one attached hydrogen (secondary N) is 3. The van der Waals surface area contributed by atoms with Crippen molar-refractivity contribution >= 4 is 28.4 Å². The minimum Gasteiger partial charge on any atom is -0.345 e. The summed E-state index contributed by atoms with van der Waals surface area (Å²) in [5.41, 5.74) is 4.82. The molecule has 0 radical (unpaired) electrons. The molecule has 4 rings (SSSR count). The van der Waals surface area contributed by atoms with Crippen molar-refractivity contribution in [3.8, 4) is 0 Å². The number of carbonyl (C=O) groups is 2. The molecule has 7 nitrogen and oxygen atoms in total. The number of hydrogen-bond acceptors (Lipinski definition) is 5. The number of pyridine rings is 1. The zero-order valence-corrected chi connectivity index (χ0v) is 18.3. The van der Waals surface area contributed by atoms with E-state index in [0.717, 1.165) is 35.1 Å². The van der Waals surface area contributed by atoms with Crippen LogP contribution in [0.25, 0.3) is 0 Å². The van der Waals surface area contributed by atoms with Gasteiger partial charge in [0.25, 0.3) is 0 Å². The monoisotopic (exact) mass is 435 g/mol. The average Bonchev–Trinajstić information content (AvgIpc) is 3.43. The molecule has 1 aromatic carbocycles. The highest BCUT2D eigenvalue weighted by molar-refractivity contribution is 7.13. The van der Waals surface area contributed by atoms with E-state index >= 15 is 0 Å². The number of benzene rings is 1. The molecule has 2 heterocycles. The van der Waals surface area contributed by atoms with Gasteiger partial charge in [-0.25, -0.2) is 9.78 Å². The molecule has 1 saturated carbocycles. The lowest BCUT2D eigenvalue weighted by atomic mass is 9.96. The lowest BCUT2D eigenvalue weighted by Gasteiger charge is -2.20. The maximum absolute atomic E-state index is 12.9. The average molecular weight is 436 g/mol. The van der Waals surface area contributed by atoms with Gasteiger partial charge in [0, 0.05) is 23.8 Å². The molecule has 31 heavy (non-hydrogen) atoms. The van der Waals surface area contributed by atoms with Gasteiger partial charge in [-0.3, -0.25) is 15.1 Å². The lowest BCUT2D eigenvalue weighted by Crippen LogP contribution is -2.31. The number of carbonyl (C=O) groups excluding carboxylic acids is 2. The van der Waals surface area contributed by atoms with Gasteiger partial charge in [-0.1, -0.05) is 35.4 Å². The van der Waals surface area contributed by atoms with Crippen LogP contribution in [0.5, 0.6) is 0 Å². The van der Waals surface area contributed by atoms with Gasteiger partial charge in [0.05, 0.1) is 18.2 Å². The number of rotatable bonds is 7. The Labute approximate surface area is 185 Å². The predicted molar refractivity (Wildman–Crippen MR) is 121 cm³/mol. The fraction of sp³-hybridized carbons (Fsp3) is 0.304. The number of aryl methyl sites for hydroxylation is 2. The fourth-order valence-electron chi connectivity index (χ4n) is 3.45. The standard InChI is InChI=1S/C23H25N5O2S/c1-14-8-15(2)10-17(9-14)21(16-4-3-7-24-12-16)27-20(29)11-19-13-31-23(26-19)28-22(30)25-18-5-6-18/h3-4,7-10,12-13,18,21H,5-6,11H2,1-2H3,(H,27,29)(H2,25,26,28,30). The Morgan fingerprint density at radius 3 is 2.61 bits per heavy atom. The van der Waals surface area contributed by atoms with Crippen LogP contribution < -0.4 is 16.0 Å². The maximum atomic E-state index is 12.9. The van der Waals surface area contributed by atoms with Crippen LogP contribution in [0.15, 0.2) is 48.1 Å². The van der Waals surface area contributed by atoms with Crippen LogP contribution >= 0.6 is 11.3 Å². The summed E-state index contributed by atoms with van der Waals surface area (Å²) in [7, 11) is 0. The molecule has 160 valence electrons. The third-order valence-corrected chi connectivity index (χ3v) is 5.73. The summed E-state index contributed by atoms with van der Waals surface area (Å²) < 4.78 is 0. The SMILES string of the molecule is Cc1cc(C)cc(C(NC(=O)Cc2csc(NC(=O)NC3CC3)n2)c2cccnc2)c1. The van der Waals surface area contributed by atoms with Gasteiger partial charge in [0.15, 0.2) is 5.13 Å². The Morgan fingerprint density at radius 2 is 1.94 bits per heavy atom. The van der Waals surface area contributed by atoms with Gasteiger partial charge in [-0.05, 0) is 43.9 Å². The quantitative estimate of drug-likeness (QED) is 0.525. The second-order valence-corrected chi connectivity index (χ2v) is 8.76. The van der Waals surface area contributed by atoms with Gasteiger partial charge in [0.1, 0.15) is 0 Å². The van der Waals surface area contributed by atoms with E-state index in [1.165, 1.54) is 11.3 Å². The highest BCUT2D eigenvalue weighted by atomic mass is 32.1. The molecular weight excluding hydrogens is 410 g/mol. The summed E-state index contributed by atoms with van der Waals surface area (Å²) in [6.07, 6.45) is 5.66. The molecule has 0 saturated heterocycles. The molecule has 1 unspecified atom stereocenters. The number of hydrogen-bond donors (Lipinski definition) is 3. The minimum absolute atomic E-state index is 0.129. The molecule has 1 atom stereocenters. The third-order valence-electron chi connectivity index (χ3n) is 4.93. The summed E-state index contributed by atoms with van der Waals surface area (Å²) in [5.74, 6) is -0.146. The number of aromatic nitrogens is 2. The Hall–Kier alpha value is -3.26. The molecule has 1 aliphatic carbocycles. The van der Waals surface area contributed by atoms with Crippen molar-refractivity contribution in [2.24, 2.45) is 0 Å². The maximum Gasteiger partial charge on any atom is 0.321 e. The lowest BCUT2D eigenvalue weighted by molar-refractivity contribution is -0.121. The van der Waals surface area contributed by atoms with Crippen molar-refractivity contribution in [3.05, 3.63) is 76.1 Å². The molecule has 3 amide bonds. The van der Waals surface area contributed by atoms with Gasteiger partial charge in [-0.2, -0.15) is 0 Å². The molecule has 3 aromatic rings. The van der Waals surface area contributed by atoms with Crippen molar-refractivity contribution in [2.75, 3.05) is 5.32 Å². The number of nitrogens with zero attached hydrogens (tertiary/aromatic N) is 2. The summed E-state index contributed by atoms with van der Waals surface area (Å²) in [5, 5.41) is 11.0. The summed E-state index contributed by atoms with van der Waals surface area (Å²) >= 11 is 1.31. The largest absolute Gasteiger partial charge is 0.345 e. The van der Waals surface area contributed by atoms with Crippen molar-refractivity contribution in [2.45, 2.75) is 45.2 Å². The number of thiazole rings is 1. The number of anilines is 1. The second kappa shape index (κ2) is 9.26. The van der Waals surface area contributed by atoms with Crippen LogP contribution in [0.2, 0.25) is 0 Å². The Kier molecular flexibility index (Phi) is 6.27. The van der Waals surface area contributed by atoms with E-state index in [0.29, 0.717) is 10.8 Å². The molecule has 8 heteroatoms. The van der Waals surface area contributed by atoms with E-state index in [2.05, 4.69) is 44.1 Å².